The van der Waals surface area contributed by atoms with E-state index >= 15 is 0 Å². The number of nitrogens with zero attached hydrogens (tertiary/aromatic N) is 4. The van der Waals surface area contributed by atoms with Crippen LogP contribution in [0.2, 0.25) is 0 Å². The first-order valence-electron chi connectivity index (χ1n) is 10.3. The van der Waals surface area contributed by atoms with Crippen molar-refractivity contribution in [1.29, 1.82) is 0 Å². The van der Waals surface area contributed by atoms with Gasteiger partial charge in [0.1, 0.15) is 17.2 Å². The second-order valence-electron chi connectivity index (χ2n) is 7.49. The molecule has 1 atom stereocenters. The normalized spacial score (nSPS) is 12.0. The lowest BCUT2D eigenvalue weighted by Gasteiger charge is -2.12. The van der Waals surface area contributed by atoms with E-state index in [1.807, 2.05) is 75.4 Å². The molecule has 0 radical (unpaired) electrons. The van der Waals surface area contributed by atoms with Crippen LogP contribution in [-0.2, 0) is 6.42 Å². The minimum Gasteiger partial charge on any atom is -0.493 e. The molecule has 0 spiro atoms. The van der Waals surface area contributed by atoms with Crippen molar-refractivity contribution in [2.75, 3.05) is 6.61 Å². The maximum absolute atomic E-state index is 11.8. The lowest BCUT2D eigenvalue weighted by molar-refractivity contribution is 0.0688. The summed E-state index contributed by atoms with van der Waals surface area (Å²) in [4.78, 5) is 17.5. The first-order chi connectivity index (χ1) is 15.4. The third-order valence-electron chi connectivity index (χ3n) is 5.20. The molecular formula is C24H24N4O4. The molecule has 32 heavy (non-hydrogen) atoms. The number of hydrogen-bond donors (Lipinski definition) is 1. The smallest absolute Gasteiger partial charge is 0.358 e. The Morgan fingerprint density at radius 3 is 2.59 bits per heavy atom. The van der Waals surface area contributed by atoms with E-state index in [2.05, 4.69) is 15.2 Å². The molecule has 164 valence electrons. The van der Waals surface area contributed by atoms with E-state index in [-0.39, 0.29) is 11.6 Å². The Morgan fingerprint density at radius 1 is 1.12 bits per heavy atom. The lowest BCUT2D eigenvalue weighted by Crippen LogP contribution is -2.07. The number of ether oxygens (including phenoxy) is 1. The van der Waals surface area contributed by atoms with Crippen LogP contribution >= 0.6 is 0 Å². The molecule has 8 nitrogen and oxygen atoms in total. The van der Waals surface area contributed by atoms with Crippen LogP contribution < -0.4 is 4.74 Å². The lowest BCUT2D eigenvalue weighted by atomic mass is 9.96. The van der Waals surface area contributed by atoms with Crippen LogP contribution in [0.1, 0.15) is 51.9 Å². The molecular weight excluding hydrogens is 408 g/mol. The first-order valence-corrected chi connectivity index (χ1v) is 10.3. The number of aromatic nitrogens is 4. The van der Waals surface area contributed by atoms with E-state index in [0.717, 1.165) is 17.0 Å². The van der Waals surface area contributed by atoms with Crippen molar-refractivity contribution >= 4 is 5.97 Å². The monoisotopic (exact) mass is 432 g/mol. The molecule has 0 aliphatic carbocycles. The van der Waals surface area contributed by atoms with Crippen molar-refractivity contribution in [3.63, 3.8) is 0 Å². The van der Waals surface area contributed by atoms with Crippen LogP contribution in [0.4, 0.5) is 0 Å². The largest absolute Gasteiger partial charge is 0.493 e. The number of carboxylic acids is 1. The molecule has 1 unspecified atom stereocenters. The number of rotatable bonds is 8. The SMILES string of the molecule is Cc1nc(CCOc2cccc(C(C)c3nn(-c4ccccc4)nc3C(=O)O)c2)c(C)o1. The van der Waals surface area contributed by atoms with Gasteiger partial charge >= 0.3 is 5.97 Å². The Kier molecular flexibility index (Phi) is 6.02. The number of aromatic carboxylic acids is 1. The van der Waals surface area contributed by atoms with E-state index in [9.17, 15) is 9.90 Å². The number of oxazole rings is 1. The number of carboxylic acid groups (broad SMARTS) is 1. The predicted molar refractivity (Wildman–Crippen MR) is 117 cm³/mol. The second kappa shape index (κ2) is 9.05. The van der Waals surface area contributed by atoms with Crippen LogP contribution in [-0.4, -0.2) is 37.7 Å². The Morgan fingerprint density at radius 2 is 1.91 bits per heavy atom. The van der Waals surface area contributed by atoms with E-state index in [1.165, 1.54) is 4.80 Å². The molecule has 0 aliphatic heterocycles. The molecule has 0 bridgehead atoms. The third-order valence-corrected chi connectivity index (χ3v) is 5.20. The first kappa shape index (κ1) is 21.3. The average molecular weight is 432 g/mol. The summed E-state index contributed by atoms with van der Waals surface area (Å²) < 4.78 is 11.4. The molecule has 4 aromatic rings. The quantitative estimate of drug-likeness (QED) is 0.442. The van der Waals surface area contributed by atoms with Gasteiger partial charge in [0.15, 0.2) is 11.6 Å². The zero-order valence-corrected chi connectivity index (χ0v) is 18.1. The molecule has 2 heterocycles. The predicted octanol–water partition coefficient (Wildman–Crippen LogP) is 4.34. The van der Waals surface area contributed by atoms with Crippen LogP contribution in [0.15, 0.2) is 59.0 Å². The highest BCUT2D eigenvalue weighted by Crippen LogP contribution is 2.28. The zero-order chi connectivity index (χ0) is 22.7. The zero-order valence-electron chi connectivity index (χ0n) is 18.1. The average Bonchev–Trinajstić information content (AvgIpc) is 3.37. The van der Waals surface area contributed by atoms with Crippen molar-refractivity contribution in [3.8, 4) is 11.4 Å². The van der Waals surface area contributed by atoms with Gasteiger partial charge in [-0.25, -0.2) is 9.78 Å². The van der Waals surface area contributed by atoms with E-state index < -0.39 is 5.97 Å². The summed E-state index contributed by atoms with van der Waals surface area (Å²) in [6.07, 6.45) is 0.636. The highest BCUT2D eigenvalue weighted by Gasteiger charge is 2.24. The van der Waals surface area contributed by atoms with Crippen molar-refractivity contribution in [2.24, 2.45) is 0 Å². The molecule has 4 rings (SSSR count). The molecule has 2 aromatic heterocycles. The molecule has 0 aliphatic rings. The Hall–Kier alpha value is -3.94. The van der Waals surface area contributed by atoms with Gasteiger partial charge in [-0.05, 0) is 36.8 Å². The summed E-state index contributed by atoms with van der Waals surface area (Å²) in [6, 6.07) is 16.8. The summed E-state index contributed by atoms with van der Waals surface area (Å²) in [7, 11) is 0. The maximum Gasteiger partial charge on any atom is 0.358 e. The summed E-state index contributed by atoms with van der Waals surface area (Å²) in [5, 5.41) is 18.4. The van der Waals surface area contributed by atoms with Gasteiger partial charge in [0.2, 0.25) is 0 Å². The van der Waals surface area contributed by atoms with E-state index in [4.69, 9.17) is 9.15 Å². The number of aryl methyl sites for hydroxylation is 2. The molecule has 1 N–H and O–H groups in total. The fourth-order valence-corrected chi connectivity index (χ4v) is 3.54. The van der Waals surface area contributed by atoms with Gasteiger partial charge in [0, 0.05) is 19.3 Å². The highest BCUT2D eigenvalue weighted by molar-refractivity contribution is 5.86. The van der Waals surface area contributed by atoms with Crippen LogP contribution in [0, 0.1) is 13.8 Å². The Balaban J connectivity index is 1.53. The van der Waals surface area contributed by atoms with Crippen molar-refractivity contribution in [3.05, 3.63) is 88.9 Å². The number of hydrogen-bond acceptors (Lipinski definition) is 6. The number of carbonyl (C=O) groups is 1. The summed E-state index contributed by atoms with van der Waals surface area (Å²) in [6.45, 7) is 6.07. The Bertz CT molecular complexity index is 1230. The summed E-state index contributed by atoms with van der Waals surface area (Å²) in [5.74, 6) is 0.740. The number of para-hydroxylation sites is 1. The van der Waals surface area contributed by atoms with Gasteiger partial charge in [-0.15, -0.1) is 5.10 Å². The van der Waals surface area contributed by atoms with Crippen molar-refractivity contribution in [1.82, 2.24) is 20.0 Å². The topological polar surface area (TPSA) is 103 Å². The van der Waals surface area contributed by atoms with Crippen molar-refractivity contribution in [2.45, 2.75) is 33.1 Å². The van der Waals surface area contributed by atoms with Gasteiger partial charge in [0.05, 0.1) is 18.0 Å². The van der Waals surface area contributed by atoms with Gasteiger partial charge in [-0.3, -0.25) is 0 Å². The van der Waals surface area contributed by atoms with Gasteiger partial charge in [0.25, 0.3) is 0 Å². The molecule has 0 fully saturated rings. The fraction of sp³-hybridized carbons (Fsp3) is 0.250. The van der Waals surface area contributed by atoms with Crippen LogP contribution in [0.3, 0.4) is 0 Å². The molecule has 0 amide bonds. The van der Waals surface area contributed by atoms with E-state index in [1.54, 1.807) is 0 Å². The highest BCUT2D eigenvalue weighted by atomic mass is 16.5. The minimum atomic E-state index is -1.11. The minimum absolute atomic E-state index is 0.0652. The third kappa shape index (κ3) is 4.54. The molecule has 0 saturated carbocycles. The van der Waals surface area contributed by atoms with E-state index in [0.29, 0.717) is 36.0 Å². The standard InChI is InChI=1S/C24H24N4O4/c1-15(22-23(24(29)30)27-28(26-22)19-9-5-4-6-10-19)18-8-7-11-20(14-18)31-13-12-21-16(2)32-17(3)25-21/h4-11,14-15H,12-13H2,1-3H3,(H,29,30). The molecule has 0 saturated heterocycles. The Labute approximate surface area is 185 Å². The van der Waals surface area contributed by atoms with Crippen LogP contribution in [0.5, 0.6) is 5.75 Å². The summed E-state index contributed by atoms with van der Waals surface area (Å²) in [5.41, 5.74) is 2.80. The second-order valence-corrected chi connectivity index (χ2v) is 7.49. The van der Waals surface area contributed by atoms with Crippen LogP contribution in [0.25, 0.3) is 5.69 Å². The van der Waals surface area contributed by atoms with Gasteiger partial charge < -0.3 is 14.3 Å². The maximum atomic E-state index is 11.8. The van der Waals surface area contributed by atoms with Gasteiger partial charge in [-0.2, -0.15) is 9.90 Å². The molecule has 8 heteroatoms. The van der Waals surface area contributed by atoms with Crippen molar-refractivity contribution < 1.29 is 19.1 Å². The summed E-state index contributed by atoms with van der Waals surface area (Å²) >= 11 is 0. The number of benzene rings is 2. The molecule has 2 aromatic carbocycles. The van der Waals surface area contributed by atoms with Gasteiger partial charge in [-0.1, -0.05) is 37.3 Å². The fourth-order valence-electron chi connectivity index (χ4n) is 3.54.